The van der Waals surface area contributed by atoms with Crippen LogP contribution in [0.4, 0.5) is 0 Å². The number of ether oxygens (including phenoxy) is 1. The smallest absolute Gasteiger partial charge is 0.309 e. The second kappa shape index (κ2) is 6.68. The van der Waals surface area contributed by atoms with Crippen LogP contribution in [0.5, 0.6) is 0 Å². The van der Waals surface area contributed by atoms with Gasteiger partial charge in [-0.1, -0.05) is 30.3 Å². The van der Waals surface area contributed by atoms with Crippen LogP contribution in [-0.2, 0) is 16.1 Å². The molecule has 0 saturated carbocycles. The van der Waals surface area contributed by atoms with Crippen LogP contribution >= 0.6 is 0 Å². The monoisotopic (exact) mass is 262 g/mol. The van der Waals surface area contributed by atoms with E-state index in [4.69, 9.17) is 10.5 Å². The fraction of sp³-hybridized carbons (Fsp3) is 0.533. The Kier molecular flexibility index (Phi) is 4.93. The first-order valence-electron chi connectivity index (χ1n) is 6.77. The Morgan fingerprint density at radius 3 is 2.68 bits per heavy atom. The van der Waals surface area contributed by atoms with Gasteiger partial charge in [0.05, 0.1) is 13.0 Å². The molecule has 0 spiro atoms. The van der Waals surface area contributed by atoms with E-state index >= 15 is 0 Å². The maximum absolute atomic E-state index is 11.5. The Labute approximate surface area is 114 Å². The highest BCUT2D eigenvalue weighted by atomic mass is 16.5. The molecule has 0 bridgehead atoms. The summed E-state index contributed by atoms with van der Waals surface area (Å²) in [5, 5.41) is 0. The maximum atomic E-state index is 11.5. The predicted octanol–water partition coefficient (Wildman–Crippen LogP) is 1.26. The molecule has 0 radical (unpaired) electrons. The van der Waals surface area contributed by atoms with Crippen molar-refractivity contribution in [2.24, 2.45) is 17.6 Å². The third-order valence-electron chi connectivity index (χ3n) is 3.72. The van der Waals surface area contributed by atoms with Crippen molar-refractivity contribution in [3.05, 3.63) is 35.9 Å². The summed E-state index contributed by atoms with van der Waals surface area (Å²) in [6.45, 7) is 3.45. The highest BCUT2D eigenvalue weighted by Gasteiger charge is 2.31. The van der Waals surface area contributed by atoms with E-state index in [0.717, 1.165) is 26.1 Å². The van der Waals surface area contributed by atoms with Crippen molar-refractivity contribution in [3.63, 3.8) is 0 Å². The molecule has 1 aromatic rings. The zero-order chi connectivity index (χ0) is 13.7. The molecule has 0 aromatic heterocycles. The fourth-order valence-corrected chi connectivity index (χ4v) is 2.65. The summed E-state index contributed by atoms with van der Waals surface area (Å²) in [5.41, 5.74) is 6.96. The lowest BCUT2D eigenvalue weighted by Crippen LogP contribution is -2.47. The minimum absolute atomic E-state index is 0.145. The number of carbonyl (C=O) groups is 1. The van der Waals surface area contributed by atoms with Crippen LogP contribution in [0.15, 0.2) is 30.3 Å². The lowest BCUT2D eigenvalue weighted by molar-refractivity contribution is -0.146. The van der Waals surface area contributed by atoms with E-state index in [-0.39, 0.29) is 11.9 Å². The number of nitrogens with zero attached hydrogens (tertiary/aromatic N) is 1. The third-order valence-corrected chi connectivity index (χ3v) is 3.72. The molecular formula is C15H22N2O2. The van der Waals surface area contributed by atoms with E-state index in [1.807, 2.05) is 6.07 Å². The highest BCUT2D eigenvalue weighted by Crippen LogP contribution is 2.25. The molecule has 1 aliphatic rings. The third kappa shape index (κ3) is 3.78. The molecule has 1 saturated heterocycles. The molecule has 19 heavy (non-hydrogen) atoms. The first-order valence-corrected chi connectivity index (χ1v) is 6.77. The molecular weight excluding hydrogens is 240 g/mol. The molecule has 1 heterocycles. The van der Waals surface area contributed by atoms with Gasteiger partial charge in [0.15, 0.2) is 0 Å². The van der Waals surface area contributed by atoms with E-state index < -0.39 is 0 Å². The van der Waals surface area contributed by atoms with Crippen molar-refractivity contribution in [3.8, 4) is 0 Å². The van der Waals surface area contributed by atoms with Gasteiger partial charge >= 0.3 is 5.97 Å². The van der Waals surface area contributed by atoms with Crippen LogP contribution in [0.1, 0.15) is 12.0 Å². The largest absolute Gasteiger partial charge is 0.469 e. The summed E-state index contributed by atoms with van der Waals surface area (Å²) in [4.78, 5) is 13.9. The summed E-state index contributed by atoms with van der Waals surface area (Å²) in [6.07, 6.45) is 0.842. The number of hydrogen-bond acceptors (Lipinski definition) is 4. The van der Waals surface area contributed by atoms with E-state index in [2.05, 4.69) is 29.2 Å². The molecule has 1 unspecified atom stereocenters. The standard InChI is InChI=1S/C15H22N2O2/c1-19-15(18)14(8-16)7-13-10-17(11-13)9-12-5-3-2-4-6-12/h2-6,13-14H,7-11,16H2,1H3. The molecule has 1 atom stereocenters. The molecule has 104 valence electrons. The summed E-state index contributed by atoms with van der Waals surface area (Å²) < 4.78 is 4.76. The van der Waals surface area contributed by atoms with Gasteiger partial charge in [-0.2, -0.15) is 0 Å². The molecule has 1 aromatic carbocycles. The molecule has 0 amide bonds. The lowest BCUT2D eigenvalue weighted by atomic mass is 9.88. The van der Waals surface area contributed by atoms with Crippen LogP contribution < -0.4 is 5.73 Å². The number of rotatable bonds is 6. The van der Waals surface area contributed by atoms with Crippen molar-refractivity contribution >= 4 is 5.97 Å². The first kappa shape index (κ1) is 14.0. The van der Waals surface area contributed by atoms with Crippen molar-refractivity contribution in [1.29, 1.82) is 0 Å². The van der Waals surface area contributed by atoms with Gasteiger partial charge in [0.25, 0.3) is 0 Å². The molecule has 2 N–H and O–H groups in total. The number of methoxy groups -OCH3 is 1. The quantitative estimate of drug-likeness (QED) is 0.784. The number of nitrogens with two attached hydrogens (primary N) is 1. The number of hydrogen-bond donors (Lipinski definition) is 1. The summed E-state index contributed by atoms with van der Waals surface area (Å²) in [7, 11) is 1.42. The van der Waals surface area contributed by atoms with E-state index in [0.29, 0.717) is 12.5 Å². The van der Waals surface area contributed by atoms with Crippen LogP contribution in [0.3, 0.4) is 0 Å². The van der Waals surface area contributed by atoms with Crippen LogP contribution in [0.25, 0.3) is 0 Å². The van der Waals surface area contributed by atoms with Gasteiger partial charge in [0.1, 0.15) is 0 Å². The first-order chi connectivity index (χ1) is 9.22. The highest BCUT2D eigenvalue weighted by molar-refractivity contribution is 5.72. The Hall–Kier alpha value is -1.39. The summed E-state index contributed by atoms with van der Waals surface area (Å²) in [5.74, 6) is 0.245. The van der Waals surface area contributed by atoms with Gasteiger partial charge in [-0.05, 0) is 17.9 Å². The second-order valence-electron chi connectivity index (χ2n) is 5.24. The van der Waals surface area contributed by atoms with E-state index in [1.54, 1.807) is 0 Å². The van der Waals surface area contributed by atoms with Gasteiger partial charge in [-0.3, -0.25) is 9.69 Å². The SMILES string of the molecule is COC(=O)C(CN)CC1CN(Cc2ccccc2)C1. The summed E-state index contributed by atoms with van der Waals surface area (Å²) >= 11 is 0. The second-order valence-corrected chi connectivity index (χ2v) is 5.24. The Morgan fingerprint density at radius 2 is 2.11 bits per heavy atom. The molecule has 2 rings (SSSR count). The van der Waals surface area contributed by atoms with Crippen molar-refractivity contribution in [1.82, 2.24) is 4.90 Å². The van der Waals surface area contributed by atoms with Gasteiger partial charge in [-0.25, -0.2) is 0 Å². The number of carbonyl (C=O) groups excluding carboxylic acids is 1. The average molecular weight is 262 g/mol. The predicted molar refractivity (Wildman–Crippen MR) is 74.4 cm³/mol. The number of benzene rings is 1. The van der Waals surface area contributed by atoms with E-state index in [9.17, 15) is 4.79 Å². The van der Waals surface area contributed by atoms with Gasteiger partial charge in [0, 0.05) is 26.2 Å². The lowest BCUT2D eigenvalue weighted by Gasteiger charge is -2.40. The van der Waals surface area contributed by atoms with Gasteiger partial charge < -0.3 is 10.5 Å². The van der Waals surface area contributed by atoms with Gasteiger partial charge in [-0.15, -0.1) is 0 Å². The van der Waals surface area contributed by atoms with Crippen molar-refractivity contribution < 1.29 is 9.53 Å². The number of likely N-dealkylation sites (tertiary alicyclic amines) is 1. The number of esters is 1. The molecule has 0 aliphatic carbocycles. The Balaban J connectivity index is 1.73. The van der Waals surface area contributed by atoms with Gasteiger partial charge in [0.2, 0.25) is 0 Å². The zero-order valence-electron chi connectivity index (χ0n) is 11.4. The molecule has 1 aliphatic heterocycles. The minimum Gasteiger partial charge on any atom is -0.469 e. The maximum Gasteiger partial charge on any atom is 0.309 e. The normalized spacial score (nSPS) is 17.8. The van der Waals surface area contributed by atoms with E-state index in [1.165, 1.54) is 12.7 Å². The van der Waals surface area contributed by atoms with Crippen LogP contribution in [0.2, 0.25) is 0 Å². The topological polar surface area (TPSA) is 55.6 Å². The summed E-state index contributed by atoms with van der Waals surface area (Å²) in [6, 6.07) is 10.4. The fourth-order valence-electron chi connectivity index (χ4n) is 2.65. The van der Waals surface area contributed by atoms with Crippen LogP contribution in [-0.4, -0.2) is 37.6 Å². The van der Waals surface area contributed by atoms with Crippen molar-refractivity contribution in [2.45, 2.75) is 13.0 Å². The van der Waals surface area contributed by atoms with Crippen LogP contribution in [0, 0.1) is 11.8 Å². The molecule has 4 nitrogen and oxygen atoms in total. The molecule has 4 heteroatoms. The Morgan fingerprint density at radius 1 is 1.42 bits per heavy atom. The van der Waals surface area contributed by atoms with Crippen molar-refractivity contribution in [2.75, 3.05) is 26.7 Å². The minimum atomic E-state index is -0.177. The molecule has 1 fully saturated rings. The zero-order valence-corrected chi connectivity index (χ0v) is 11.4. The Bertz CT molecular complexity index is 402. The average Bonchev–Trinajstić information content (AvgIpc) is 2.41.